The fraction of sp³-hybridized carbons (Fsp3) is 0.200. The molecular formula is C35H27ClN2O4. The SMILES string of the molecule is Cc1ccc(C(=O)[C@H](C)N(C(=O)c2ccccc2Cl)N2C(=O)[C@H]3C4c5ccccc5C(c5ccccc54)[C@@H]3C2=O)cc1. The minimum Gasteiger partial charge on any atom is -0.292 e. The molecule has 0 N–H and O–H groups in total. The highest BCUT2D eigenvalue weighted by atomic mass is 35.5. The van der Waals surface area contributed by atoms with Crippen molar-refractivity contribution >= 4 is 35.1 Å². The van der Waals surface area contributed by atoms with E-state index in [2.05, 4.69) is 0 Å². The summed E-state index contributed by atoms with van der Waals surface area (Å²) >= 11 is 6.44. The summed E-state index contributed by atoms with van der Waals surface area (Å²) in [5.74, 6) is -4.10. The highest BCUT2D eigenvalue weighted by molar-refractivity contribution is 6.34. The summed E-state index contributed by atoms with van der Waals surface area (Å²) in [5.41, 5.74) is 5.56. The molecular weight excluding hydrogens is 548 g/mol. The Kier molecular flexibility index (Phi) is 6.13. The van der Waals surface area contributed by atoms with Gasteiger partial charge in [0.1, 0.15) is 6.04 Å². The highest BCUT2D eigenvalue weighted by Gasteiger charge is 2.63. The van der Waals surface area contributed by atoms with Crippen molar-refractivity contribution < 1.29 is 19.2 Å². The average Bonchev–Trinajstić information content (AvgIpc) is 3.27. The van der Waals surface area contributed by atoms with Gasteiger partial charge < -0.3 is 0 Å². The average molecular weight is 575 g/mol. The zero-order valence-corrected chi connectivity index (χ0v) is 23.8. The van der Waals surface area contributed by atoms with Crippen LogP contribution in [0.15, 0.2) is 97.1 Å². The molecule has 0 spiro atoms. The largest absolute Gasteiger partial charge is 0.292 e. The fourth-order valence-electron chi connectivity index (χ4n) is 7.14. The number of amides is 3. The van der Waals surface area contributed by atoms with Crippen LogP contribution in [0.2, 0.25) is 5.02 Å². The van der Waals surface area contributed by atoms with Gasteiger partial charge in [-0.25, -0.2) is 5.01 Å². The number of Topliss-reactive ketones (excluding diaryl/α,β-unsaturated/α-hetero) is 1. The molecule has 3 atom stereocenters. The fourth-order valence-corrected chi connectivity index (χ4v) is 7.36. The number of benzene rings is 4. The van der Waals surface area contributed by atoms with Crippen molar-refractivity contribution in [3.63, 3.8) is 0 Å². The second-order valence-corrected chi connectivity index (χ2v) is 11.7. The van der Waals surface area contributed by atoms with Gasteiger partial charge in [0.15, 0.2) is 5.78 Å². The van der Waals surface area contributed by atoms with E-state index >= 15 is 0 Å². The molecule has 0 aromatic heterocycles. The number of hydrazine groups is 1. The number of imide groups is 1. The van der Waals surface area contributed by atoms with E-state index in [1.807, 2.05) is 67.6 Å². The van der Waals surface area contributed by atoms with E-state index in [4.69, 9.17) is 11.6 Å². The standard InChI is InChI=1S/C35H27ClN2O4/c1-19-15-17-21(18-16-19)32(39)20(2)37(33(40)26-13-7-8-14-27(26)36)38-34(41)30-28-22-9-3-4-10-23(22)29(31(30)35(38)42)25-12-6-5-11-24(25)28/h3-18,20,28-31H,1-2H3/t20-,28?,29?,30-,31-/m0/s1. The van der Waals surface area contributed by atoms with E-state index < -0.39 is 35.6 Å². The van der Waals surface area contributed by atoms with Gasteiger partial charge >= 0.3 is 0 Å². The first-order valence-electron chi connectivity index (χ1n) is 14.0. The Morgan fingerprint density at radius 1 is 0.714 bits per heavy atom. The van der Waals surface area contributed by atoms with Crippen LogP contribution in [0.25, 0.3) is 0 Å². The summed E-state index contributed by atoms with van der Waals surface area (Å²) < 4.78 is 0. The van der Waals surface area contributed by atoms with Gasteiger partial charge in [0, 0.05) is 17.4 Å². The monoisotopic (exact) mass is 574 g/mol. The van der Waals surface area contributed by atoms with Crippen LogP contribution in [0.3, 0.4) is 0 Å². The molecule has 208 valence electrons. The van der Waals surface area contributed by atoms with Crippen LogP contribution >= 0.6 is 11.6 Å². The van der Waals surface area contributed by atoms with Crippen LogP contribution in [-0.2, 0) is 9.59 Å². The molecule has 1 aliphatic heterocycles. The molecule has 7 heteroatoms. The molecule has 2 bridgehead atoms. The Hall–Kier alpha value is -4.55. The van der Waals surface area contributed by atoms with Crippen LogP contribution in [0.5, 0.6) is 0 Å². The van der Waals surface area contributed by atoms with Gasteiger partial charge in [0.05, 0.1) is 22.4 Å². The van der Waals surface area contributed by atoms with Crippen LogP contribution in [0, 0.1) is 18.8 Å². The Labute approximate surface area is 248 Å². The third-order valence-corrected chi connectivity index (χ3v) is 9.36. The quantitative estimate of drug-likeness (QED) is 0.211. The molecule has 4 aliphatic rings. The lowest BCUT2D eigenvalue weighted by Crippen LogP contribution is -2.56. The normalized spacial score (nSPS) is 22.3. The number of hydrogen-bond acceptors (Lipinski definition) is 4. The van der Waals surface area contributed by atoms with E-state index in [-0.39, 0.29) is 28.2 Å². The first-order valence-corrected chi connectivity index (χ1v) is 14.4. The van der Waals surface area contributed by atoms with Crippen molar-refractivity contribution in [1.29, 1.82) is 0 Å². The van der Waals surface area contributed by atoms with Crippen LogP contribution < -0.4 is 0 Å². The molecule has 42 heavy (non-hydrogen) atoms. The second kappa shape index (κ2) is 9.78. The van der Waals surface area contributed by atoms with E-state index in [9.17, 15) is 19.2 Å². The number of aryl methyl sites for hydroxylation is 1. The van der Waals surface area contributed by atoms with Crippen LogP contribution in [-0.4, -0.2) is 39.6 Å². The van der Waals surface area contributed by atoms with Gasteiger partial charge in [-0.2, -0.15) is 5.01 Å². The minimum atomic E-state index is -1.16. The summed E-state index contributed by atoms with van der Waals surface area (Å²) in [7, 11) is 0. The summed E-state index contributed by atoms with van der Waals surface area (Å²) in [6.07, 6.45) is 0. The second-order valence-electron chi connectivity index (χ2n) is 11.3. The molecule has 6 nitrogen and oxygen atoms in total. The van der Waals surface area contributed by atoms with Crippen molar-refractivity contribution in [1.82, 2.24) is 10.0 Å². The Balaban J connectivity index is 1.36. The summed E-state index contributed by atoms with van der Waals surface area (Å²) in [6, 6.07) is 28.2. The van der Waals surface area contributed by atoms with E-state index in [0.717, 1.165) is 37.8 Å². The predicted molar refractivity (Wildman–Crippen MR) is 158 cm³/mol. The number of rotatable bonds is 5. The maximum atomic E-state index is 14.5. The zero-order chi connectivity index (χ0) is 29.3. The van der Waals surface area contributed by atoms with Crippen molar-refractivity contribution in [3.05, 3.63) is 141 Å². The van der Waals surface area contributed by atoms with Gasteiger partial charge in [-0.15, -0.1) is 0 Å². The van der Waals surface area contributed by atoms with Crippen molar-refractivity contribution in [2.45, 2.75) is 31.7 Å². The van der Waals surface area contributed by atoms with Gasteiger partial charge in [-0.3, -0.25) is 19.2 Å². The molecule has 3 aliphatic carbocycles. The lowest BCUT2D eigenvalue weighted by atomic mass is 9.55. The first kappa shape index (κ1) is 26.4. The van der Waals surface area contributed by atoms with Gasteiger partial charge in [0.2, 0.25) is 0 Å². The van der Waals surface area contributed by atoms with Crippen LogP contribution in [0.1, 0.15) is 67.3 Å². The van der Waals surface area contributed by atoms with E-state index in [1.165, 1.54) is 6.07 Å². The number of hydrogen-bond donors (Lipinski definition) is 0. The summed E-state index contributed by atoms with van der Waals surface area (Å²) in [6.45, 7) is 3.47. The molecule has 1 saturated heterocycles. The molecule has 3 amide bonds. The van der Waals surface area contributed by atoms with Crippen molar-refractivity contribution in [2.24, 2.45) is 11.8 Å². The Morgan fingerprint density at radius 3 is 1.64 bits per heavy atom. The molecule has 8 rings (SSSR count). The zero-order valence-electron chi connectivity index (χ0n) is 23.0. The Bertz CT molecular complexity index is 1680. The third kappa shape index (κ3) is 3.71. The molecule has 0 unspecified atom stereocenters. The minimum absolute atomic E-state index is 0.104. The number of carbonyl (C=O) groups is 4. The predicted octanol–water partition coefficient (Wildman–Crippen LogP) is 6.17. The molecule has 1 fully saturated rings. The lowest BCUT2D eigenvalue weighted by molar-refractivity contribution is -0.156. The van der Waals surface area contributed by atoms with Gasteiger partial charge in [0.25, 0.3) is 17.7 Å². The smallest absolute Gasteiger partial charge is 0.275 e. The lowest BCUT2D eigenvalue weighted by Gasteiger charge is -2.45. The summed E-state index contributed by atoms with van der Waals surface area (Å²) in [4.78, 5) is 57.1. The third-order valence-electron chi connectivity index (χ3n) is 9.04. The number of nitrogens with zero attached hydrogens (tertiary/aromatic N) is 2. The molecule has 1 heterocycles. The number of carbonyl (C=O) groups excluding carboxylic acids is 4. The van der Waals surface area contributed by atoms with E-state index in [0.29, 0.717) is 5.56 Å². The maximum Gasteiger partial charge on any atom is 0.275 e. The molecule has 4 aromatic rings. The molecule has 0 radical (unpaired) electrons. The van der Waals surface area contributed by atoms with E-state index in [1.54, 1.807) is 37.3 Å². The van der Waals surface area contributed by atoms with Gasteiger partial charge in [-0.1, -0.05) is 102 Å². The number of ketones is 1. The highest BCUT2D eigenvalue weighted by Crippen LogP contribution is 2.61. The molecule has 4 aromatic carbocycles. The first-order chi connectivity index (χ1) is 20.3. The topological polar surface area (TPSA) is 74.8 Å². The van der Waals surface area contributed by atoms with Crippen LogP contribution in [0.4, 0.5) is 0 Å². The van der Waals surface area contributed by atoms with Gasteiger partial charge in [-0.05, 0) is 48.2 Å². The number of halogens is 1. The summed E-state index contributed by atoms with van der Waals surface area (Å²) in [5, 5.41) is 2.16. The maximum absolute atomic E-state index is 14.5. The van der Waals surface area contributed by atoms with Crippen molar-refractivity contribution in [3.8, 4) is 0 Å². The Morgan fingerprint density at radius 2 is 1.17 bits per heavy atom. The molecule has 0 saturated carbocycles. The van der Waals surface area contributed by atoms with Crippen molar-refractivity contribution in [2.75, 3.05) is 0 Å².